The molecule has 0 aromatic heterocycles. The van der Waals surface area contributed by atoms with Crippen molar-refractivity contribution in [3.05, 3.63) is 60.7 Å². The van der Waals surface area contributed by atoms with Gasteiger partial charge in [0.05, 0.1) is 0 Å². The van der Waals surface area contributed by atoms with Crippen LogP contribution >= 0.6 is 0 Å². The maximum absolute atomic E-state index is 9.27. The van der Waals surface area contributed by atoms with Gasteiger partial charge in [-0.1, -0.05) is 60.7 Å². The van der Waals surface area contributed by atoms with E-state index in [9.17, 15) is 4.79 Å². The number of carbonyl (C=O) groups is 1. The Balaban J connectivity index is 0.000000232. The van der Waals surface area contributed by atoms with Gasteiger partial charge in [0.25, 0.3) is 0 Å². The van der Waals surface area contributed by atoms with Crippen molar-refractivity contribution in [3.8, 4) is 17.3 Å². The predicted molar refractivity (Wildman–Crippen MR) is 68.7 cm³/mol. The van der Waals surface area contributed by atoms with E-state index in [4.69, 9.17) is 10.4 Å². The van der Waals surface area contributed by atoms with Gasteiger partial charge in [0, 0.05) is 0 Å². The summed E-state index contributed by atoms with van der Waals surface area (Å²) in [7, 11) is 0. The number of nitrogens with one attached hydrogen (secondary N) is 1. The summed E-state index contributed by atoms with van der Waals surface area (Å²) in [6, 6.07) is 20.8. The minimum Gasteiger partial charge on any atom is -0.464 e. The summed E-state index contributed by atoms with van der Waals surface area (Å²) >= 11 is 0. The predicted octanol–water partition coefficient (Wildman–Crippen LogP) is 3.09. The minimum atomic E-state index is -1.32. The Kier molecular flexibility index (Phi) is 5.50. The molecule has 0 atom stereocenters. The van der Waals surface area contributed by atoms with Gasteiger partial charge in [-0.3, -0.25) is 0 Å². The molecule has 0 unspecified atom stereocenters. The molecule has 18 heavy (non-hydrogen) atoms. The van der Waals surface area contributed by atoms with Gasteiger partial charge in [0.2, 0.25) is 0 Å². The molecule has 2 aromatic rings. The van der Waals surface area contributed by atoms with Crippen LogP contribution in [0, 0.1) is 11.5 Å². The molecule has 0 radical (unpaired) electrons. The first-order valence-electron chi connectivity index (χ1n) is 5.22. The maximum atomic E-state index is 9.27. The van der Waals surface area contributed by atoms with Gasteiger partial charge in [-0.25, -0.2) is 10.1 Å². The van der Waals surface area contributed by atoms with E-state index in [0.29, 0.717) is 0 Å². The van der Waals surface area contributed by atoms with Gasteiger partial charge >= 0.3 is 6.09 Å². The molecule has 0 spiro atoms. The van der Waals surface area contributed by atoms with Crippen LogP contribution in [0.3, 0.4) is 0 Å². The molecule has 0 saturated carbocycles. The van der Waals surface area contributed by atoms with E-state index in [1.807, 2.05) is 12.1 Å². The molecule has 0 heterocycles. The van der Waals surface area contributed by atoms with Crippen LogP contribution in [0.2, 0.25) is 0 Å². The Morgan fingerprint density at radius 3 is 1.56 bits per heavy atom. The lowest BCUT2D eigenvalue weighted by atomic mass is 10.1. The van der Waals surface area contributed by atoms with Crippen LogP contribution in [0.25, 0.3) is 11.1 Å². The van der Waals surface area contributed by atoms with Gasteiger partial charge in [-0.05, 0) is 11.1 Å². The molecule has 4 nitrogen and oxygen atoms in total. The summed E-state index contributed by atoms with van der Waals surface area (Å²) in [5, 5.41) is 16.5. The molecule has 2 N–H and O–H groups in total. The number of nitrogens with zero attached hydrogens (tertiary/aromatic N) is 1. The fourth-order valence-corrected chi connectivity index (χ4v) is 1.31. The SMILES string of the molecule is N#CNC(=O)O.c1ccc(-c2ccccc2)cc1. The highest BCUT2D eigenvalue weighted by atomic mass is 16.4. The molecule has 0 bridgehead atoms. The average molecular weight is 240 g/mol. The zero-order chi connectivity index (χ0) is 13.2. The number of benzene rings is 2. The molecule has 0 fully saturated rings. The quantitative estimate of drug-likeness (QED) is 0.594. The lowest BCUT2D eigenvalue weighted by Crippen LogP contribution is -2.12. The van der Waals surface area contributed by atoms with E-state index >= 15 is 0 Å². The zero-order valence-corrected chi connectivity index (χ0v) is 9.58. The summed E-state index contributed by atoms with van der Waals surface area (Å²) in [5.41, 5.74) is 2.55. The summed E-state index contributed by atoms with van der Waals surface area (Å²) < 4.78 is 0. The van der Waals surface area contributed by atoms with Crippen molar-refractivity contribution in [1.82, 2.24) is 5.32 Å². The topological polar surface area (TPSA) is 73.1 Å². The summed E-state index contributed by atoms with van der Waals surface area (Å²) in [4.78, 5) is 9.27. The molecule has 0 aliphatic carbocycles. The minimum absolute atomic E-state index is 1.22. The number of amides is 1. The highest BCUT2D eigenvalue weighted by Gasteiger charge is 1.91. The average Bonchev–Trinajstić information content (AvgIpc) is 2.41. The summed E-state index contributed by atoms with van der Waals surface area (Å²) in [5.74, 6) is 0. The molecule has 4 heteroatoms. The molecule has 0 saturated heterocycles. The van der Waals surface area contributed by atoms with Crippen molar-refractivity contribution in [2.24, 2.45) is 0 Å². The van der Waals surface area contributed by atoms with E-state index in [2.05, 4.69) is 48.5 Å². The van der Waals surface area contributed by atoms with Crippen molar-refractivity contribution in [2.45, 2.75) is 0 Å². The Bertz CT molecular complexity index is 481. The zero-order valence-electron chi connectivity index (χ0n) is 9.58. The highest BCUT2D eigenvalue weighted by molar-refractivity contribution is 5.66. The molecular weight excluding hydrogens is 228 g/mol. The van der Waals surface area contributed by atoms with Crippen LogP contribution in [0.1, 0.15) is 0 Å². The Labute approximate surface area is 105 Å². The summed E-state index contributed by atoms with van der Waals surface area (Å²) in [6.45, 7) is 0. The third kappa shape index (κ3) is 4.81. The van der Waals surface area contributed by atoms with Gasteiger partial charge in [0.1, 0.15) is 0 Å². The third-order valence-corrected chi connectivity index (χ3v) is 2.04. The van der Waals surface area contributed by atoms with Gasteiger partial charge in [0.15, 0.2) is 6.19 Å². The first kappa shape index (κ1) is 13.3. The Hall–Kier alpha value is -2.80. The Morgan fingerprint density at radius 1 is 0.944 bits per heavy atom. The van der Waals surface area contributed by atoms with Gasteiger partial charge < -0.3 is 5.11 Å². The third-order valence-electron chi connectivity index (χ3n) is 2.04. The van der Waals surface area contributed by atoms with Crippen LogP contribution in [0.5, 0.6) is 0 Å². The normalized spacial score (nSPS) is 8.39. The van der Waals surface area contributed by atoms with Crippen LogP contribution in [0.4, 0.5) is 4.79 Å². The fourth-order valence-electron chi connectivity index (χ4n) is 1.31. The second kappa shape index (κ2) is 7.47. The number of carboxylic acid groups (broad SMARTS) is 1. The summed E-state index contributed by atoms with van der Waals surface area (Å²) in [6.07, 6.45) is -0.104. The van der Waals surface area contributed by atoms with Crippen molar-refractivity contribution in [1.29, 1.82) is 5.26 Å². The van der Waals surface area contributed by atoms with Crippen LogP contribution in [0.15, 0.2) is 60.7 Å². The number of nitriles is 1. The van der Waals surface area contributed by atoms with Gasteiger partial charge in [-0.2, -0.15) is 5.26 Å². The number of rotatable bonds is 1. The standard InChI is InChI=1S/C12H10.C2H2N2O2/c1-3-7-11(8-4-1)12-9-5-2-6-10-12;3-1-4-2(5)6/h1-10H;4H,(H,5,6). The van der Waals surface area contributed by atoms with Crippen molar-refractivity contribution in [3.63, 3.8) is 0 Å². The molecule has 2 aromatic carbocycles. The van der Waals surface area contributed by atoms with Crippen molar-refractivity contribution in [2.75, 3.05) is 0 Å². The second-order valence-corrected chi connectivity index (χ2v) is 3.27. The molecule has 0 aliphatic rings. The van der Waals surface area contributed by atoms with E-state index in [-0.39, 0.29) is 0 Å². The monoisotopic (exact) mass is 240 g/mol. The second-order valence-electron chi connectivity index (χ2n) is 3.27. The fraction of sp³-hybridized carbons (Fsp3) is 0. The van der Waals surface area contributed by atoms with E-state index < -0.39 is 6.09 Å². The smallest absolute Gasteiger partial charge is 0.417 e. The molecule has 90 valence electrons. The molecular formula is C14H12N2O2. The van der Waals surface area contributed by atoms with Crippen LogP contribution < -0.4 is 5.32 Å². The van der Waals surface area contributed by atoms with Gasteiger partial charge in [-0.15, -0.1) is 0 Å². The largest absolute Gasteiger partial charge is 0.464 e. The van der Waals surface area contributed by atoms with Crippen molar-refractivity contribution < 1.29 is 9.90 Å². The first-order chi connectivity index (χ1) is 8.74. The van der Waals surface area contributed by atoms with E-state index in [1.54, 1.807) is 0 Å². The maximum Gasteiger partial charge on any atom is 0.417 e. The van der Waals surface area contributed by atoms with Crippen molar-refractivity contribution >= 4 is 6.09 Å². The van der Waals surface area contributed by atoms with Crippen LogP contribution in [-0.4, -0.2) is 11.2 Å². The molecule has 1 amide bonds. The first-order valence-corrected chi connectivity index (χ1v) is 5.22. The lowest BCUT2D eigenvalue weighted by molar-refractivity contribution is 0.199. The molecule has 0 aliphatic heterocycles. The van der Waals surface area contributed by atoms with E-state index in [0.717, 1.165) is 0 Å². The van der Waals surface area contributed by atoms with Crippen LogP contribution in [-0.2, 0) is 0 Å². The van der Waals surface area contributed by atoms with E-state index in [1.165, 1.54) is 22.6 Å². The Morgan fingerprint density at radius 2 is 1.33 bits per heavy atom. The highest BCUT2D eigenvalue weighted by Crippen LogP contribution is 2.17. The molecule has 2 rings (SSSR count). The lowest BCUT2D eigenvalue weighted by Gasteiger charge is -1.98. The number of hydrogen-bond acceptors (Lipinski definition) is 2. The number of hydrogen-bond donors (Lipinski definition) is 2.